The van der Waals surface area contributed by atoms with E-state index >= 15 is 0 Å². The Bertz CT molecular complexity index is 560. The Kier molecular flexibility index (Phi) is 5.19. The highest BCUT2D eigenvalue weighted by Crippen LogP contribution is 2.29. The first-order valence-corrected chi connectivity index (χ1v) is 8.18. The summed E-state index contributed by atoms with van der Waals surface area (Å²) in [6.45, 7) is 8.61. The molecule has 0 saturated heterocycles. The van der Waals surface area contributed by atoms with Gasteiger partial charge in [0.2, 0.25) is 0 Å². The fourth-order valence-electron chi connectivity index (χ4n) is 2.20. The smallest absolute Gasteiger partial charge is 0.115 e. The van der Waals surface area contributed by atoms with Gasteiger partial charge in [-0.25, -0.2) is 4.98 Å². The molecule has 1 heterocycles. The van der Waals surface area contributed by atoms with E-state index in [4.69, 9.17) is 16.6 Å². The summed E-state index contributed by atoms with van der Waals surface area (Å²) in [5.74, 6) is 0. The van der Waals surface area contributed by atoms with Crippen molar-refractivity contribution >= 4 is 22.9 Å². The Morgan fingerprint density at radius 3 is 2.40 bits per heavy atom. The Labute approximate surface area is 130 Å². The predicted molar refractivity (Wildman–Crippen MR) is 87.8 cm³/mol. The largest absolute Gasteiger partial charge is 0.302 e. The van der Waals surface area contributed by atoms with Gasteiger partial charge in [-0.05, 0) is 44.9 Å². The first kappa shape index (κ1) is 15.5. The Balaban J connectivity index is 2.38. The molecule has 0 aliphatic carbocycles. The number of hydrogen-bond donors (Lipinski definition) is 1. The molecule has 2 nitrogen and oxygen atoms in total. The monoisotopic (exact) mass is 308 g/mol. The van der Waals surface area contributed by atoms with E-state index < -0.39 is 0 Å². The molecule has 0 spiro atoms. The zero-order valence-corrected chi connectivity index (χ0v) is 14.0. The summed E-state index contributed by atoms with van der Waals surface area (Å²) in [5.41, 5.74) is 2.41. The minimum absolute atomic E-state index is 0.135. The first-order valence-electron chi connectivity index (χ1n) is 6.99. The number of hydrogen-bond acceptors (Lipinski definition) is 3. The van der Waals surface area contributed by atoms with Gasteiger partial charge in [0.25, 0.3) is 0 Å². The average Bonchev–Trinajstić information content (AvgIpc) is 2.78. The molecule has 1 unspecified atom stereocenters. The van der Waals surface area contributed by atoms with Gasteiger partial charge in [-0.1, -0.05) is 30.7 Å². The van der Waals surface area contributed by atoms with Gasteiger partial charge in [0.05, 0.1) is 11.7 Å². The quantitative estimate of drug-likeness (QED) is 0.862. The maximum atomic E-state index is 5.99. The lowest BCUT2D eigenvalue weighted by atomic mass is 10.1. The van der Waals surface area contributed by atoms with E-state index in [1.54, 1.807) is 11.3 Å². The maximum absolute atomic E-state index is 5.99. The third-order valence-corrected chi connectivity index (χ3v) is 4.52. The topological polar surface area (TPSA) is 24.9 Å². The zero-order chi connectivity index (χ0) is 14.7. The van der Waals surface area contributed by atoms with Crippen LogP contribution >= 0.6 is 22.9 Å². The molecule has 1 aromatic carbocycles. The molecule has 0 aliphatic rings. The number of aromatic nitrogens is 1. The summed E-state index contributed by atoms with van der Waals surface area (Å²) in [4.78, 5) is 6.12. The minimum Gasteiger partial charge on any atom is -0.302 e. The van der Waals surface area contributed by atoms with Crippen molar-refractivity contribution in [3.63, 3.8) is 0 Å². The van der Waals surface area contributed by atoms with Crippen LogP contribution < -0.4 is 5.32 Å². The molecule has 108 valence electrons. The van der Waals surface area contributed by atoms with Gasteiger partial charge in [0.1, 0.15) is 5.01 Å². The standard InChI is InChI=1S/C16H21ClN2S/c1-5-14-11(4)20-16(19-14)15(18-10(2)3)12-6-8-13(17)9-7-12/h6-10,15,18H,5H2,1-4H3. The number of nitrogens with zero attached hydrogens (tertiary/aromatic N) is 1. The molecule has 0 saturated carbocycles. The summed E-state index contributed by atoms with van der Waals surface area (Å²) in [5, 5.41) is 5.50. The van der Waals surface area contributed by atoms with Gasteiger partial charge in [-0.15, -0.1) is 11.3 Å². The molecule has 0 aliphatic heterocycles. The SMILES string of the molecule is CCc1nc(C(NC(C)C)c2ccc(Cl)cc2)sc1C. The molecular weight excluding hydrogens is 288 g/mol. The average molecular weight is 309 g/mol. The van der Waals surface area contributed by atoms with Crippen molar-refractivity contribution in [3.8, 4) is 0 Å². The fourth-order valence-corrected chi connectivity index (χ4v) is 3.43. The lowest BCUT2D eigenvalue weighted by Gasteiger charge is -2.19. The van der Waals surface area contributed by atoms with Gasteiger partial charge < -0.3 is 5.32 Å². The number of nitrogens with one attached hydrogen (secondary N) is 1. The van der Waals surface area contributed by atoms with Crippen molar-refractivity contribution in [3.05, 3.63) is 50.4 Å². The number of benzene rings is 1. The van der Waals surface area contributed by atoms with Crippen molar-refractivity contribution in [2.75, 3.05) is 0 Å². The van der Waals surface area contributed by atoms with Crippen LogP contribution in [0.15, 0.2) is 24.3 Å². The molecule has 20 heavy (non-hydrogen) atoms. The summed E-state index contributed by atoms with van der Waals surface area (Å²) in [6.07, 6.45) is 0.983. The second-order valence-corrected chi connectivity index (χ2v) is 6.89. The van der Waals surface area contributed by atoms with E-state index in [1.165, 1.54) is 16.1 Å². The van der Waals surface area contributed by atoms with E-state index in [-0.39, 0.29) is 6.04 Å². The van der Waals surface area contributed by atoms with Crippen LogP contribution in [-0.4, -0.2) is 11.0 Å². The van der Waals surface area contributed by atoms with Crippen LogP contribution in [0.3, 0.4) is 0 Å². The summed E-state index contributed by atoms with van der Waals surface area (Å²) < 4.78 is 0. The second kappa shape index (κ2) is 6.70. The number of rotatable bonds is 5. The van der Waals surface area contributed by atoms with Crippen LogP contribution in [0.4, 0.5) is 0 Å². The van der Waals surface area contributed by atoms with Gasteiger partial charge in [0.15, 0.2) is 0 Å². The third kappa shape index (κ3) is 3.60. The van der Waals surface area contributed by atoms with Crippen LogP contribution in [0.5, 0.6) is 0 Å². The lowest BCUT2D eigenvalue weighted by Crippen LogP contribution is -2.28. The summed E-state index contributed by atoms with van der Waals surface area (Å²) in [6, 6.07) is 8.55. The third-order valence-electron chi connectivity index (χ3n) is 3.19. The number of thiazole rings is 1. The minimum atomic E-state index is 0.135. The Morgan fingerprint density at radius 2 is 1.90 bits per heavy atom. The van der Waals surface area contributed by atoms with Crippen LogP contribution in [0.2, 0.25) is 5.02 Å². The molecule has 2 rings (SSSR count). The highest BCUT2D eigenvalue weighted by atomic mass is 35.5. The Hall–Kier alpha value is -0.900. The molecule has 1 aromatic heterocycles. The normalized spacial score (nSPS) is 12.9. The van der Waals surface area contributed by atoms with Crippen molar-refractivity contribution in [2.45, 2.75) is 46.2 Å². The van der Waals surface area contributed by atoms with E-state index in [2.05, 4.69) is 45.1 Å². The van der Waals surface area contributed by atoms with Crippen molar-refractivity contribution in [2.24, 2.45) is 0 Å². The molecule has 1 N–H and O–H groups in total. The van der Waals surface area contributed by atoms with Gasteiger partial charge in [-0.3, -0.25) is 0 Å². The van der Waals surface area contributed by atoms with Crippen LogP contribution in [-0.2, 0) is 6.42 Å². The molecular formula is C16H21ClN2S. The molecule has 2 aromatic rings. The molecule has 0 radical (unpaired) electrons. The van der Waals surface area contributed by atoms with Crippen molar-refractivity contribution in [1.29, 1.82) is 0 Å². The van der Waals surface area contributed by atoms with Gasteiger partial charge in [-0.2, -0.15) is 0 Å². The van der Waals surface area contributed by atoms with Gasteiger partial charge >= 0.3 is 0 Å². The van der Waals surface area contributed by atoms with E-state index in [0.29, 0.717) is 6.04 Å². The predicted octanol–water partition coefficient (Wildman–Crippen LogP) is 4.75. The van der Waals surface area contributed by atoms with E-state index in [9.17, 15) is 0 Å². The highest BCUT2D eigenvalue weighted by molar-refractivity contribution is 7.11. The molecule has 0 bridgehead atoms. The number of aryl methyl sites for hydroxylation is 2. The summed E-state index contributed by atoms with van der Waals surface area (Å²) in [7, 11) is 0. The zero-order valence-electron chi connectivity index (χ0n) is 12.4. The van der Waals surface area contributed by atoms with Gasteiger partial charge in [0, 0.05) is 15.9 Å². The molecule has 1 atom stereocenters. The van der Waals surface area contributed by atoms with Crippen LogP contribution in [0.25, 0.3) is 0 Å². The lowest BCUT2D eigenvalue weighted by molar-refractivity contribution is 0.526. The van der Waals surface area contributed by atoms with E-state index in [0.717, 1.165) is 16.5 Å². The molecule has 0 fully saturated rings. The maximum Gasteiger partial charge on any atom is 0.115 e. The molecule has 4 heteroatoms. The Morgan fingerprint density at radius 1 is 1.25 bits per heavy atom. The second-order valence-electron chi connectivity index (χ2n) is 5.21. The van der Waals surface area contributed by atoms with Crippen LogP contribution in [0, 0.1) is 6.92 Å². The highest BCUT2D eigenvalue weighted by Gasteiger charge is 2.19. The van der Waals surface area contributed by atoms with Crippen LogP contribution in [0.1, 0.15) is 48.0 Å². The van der Waals surface area contributed by atoms with Crippen molar-refractivity contribution in [1.82, 2.24) is 10.3 Å². The molecule has 0 amide bonds. The van der Waals surface area contributed by atoms with E-state index in [1.807, 2.05) is 12.1 Å². The van der Waals surface area contributed by atoms with Crippen molar-refractivity contribution < 1.29 is 0 Å². The first-order chi connectivity index (χ1) is 9.51. The number of halogens is 1. The summed E-state index contributed by atoms with van der Waals surface area (Å²) >= 11 is 7.77. The fraction of sp³-hybridized carbons (Fsp3) is 0.438.